The zero-order valence-corrected chi connectivity index (χ0v) is 10.9. The van der Waals surface area contributed by atoms with Gasteiger partial charge in [0.1, 0.15) is 0 Å². The maximum absolute atomic E-state index is 5.36. The van der Waals surface area contributed by atoms with Gasteiger partial charge < -0.3 is 14.6 Å². The number of aromatic nitrogens is 2. The second kappa shape index (κ2) is 6.05. The van der Waals surface area contributed by atoms with Gasteiger partial charge in [0.2, 0.25) is 5.95 Å². The summed E-state index contributed by atoms with van der Waals surface area (Å²) in [6.45, 7) is 6.69. The van der Waals surface area contributed by atoms with Gasteiger partial charge in [0.15, 0.2) is 0 Å². The minimum absolute atomic E-state index is 0.641. The quantitative estimate of drug-likeness (QED) is 0.741. The largest absolute Gasteiger partial charge is 0.382 e. The van der Waals surface area contributed by atoms with Crippen molar-refractivity contribution in [2.75, 3.05) is 18.5 Å². The Kier molecular flexibility index (Phi) is 4.42. The number of imidazole rings is 1. The van der Waals surface area contributed by atoms with Gasteiger partial charge in [-0.1, -0.05) is 0 Å². The molecule has 17 heavy (non-hydrogen) atoms. The lowest BCUT2D eigenvalue weighted by Gasteiger charge is -2.27. The van der Waals surface area contributed by atoms with Gasteiger partial charge in [-0.15, -0.1) is 0 Å². The molecule has 0 unspecified atom stereocenters. The third kappa shape index (κ3) is 3.46. The summed E-state index contributed by atoms with van der Waals surface area (Å²) in [4.78, 5) is 4.54. The van der Waals surface area contributed by atoms with E-state index in [4.69, 9.17) is 4.74 Å². The van der Waals surface area contributed by atoms with Gasteiger partial charge in [-0.3, -0.25) is 0 Å². The highest BCUT2D eigenvalue weighted by molar-refractivity contribution is 5.30. The van der Waals surface area contributed by atoms with Crippen LogP contribution in [0.15, 0.2) is 6.20 Å². The normalized spacial score (nSPS) is 15.9. The van der Waals surface area contributed by atoms with Crippen LogP contribution in [0, 0.1) is 6.92 Å². The van der Waals surface area contributed by atoms with Crippen molar-refractivity contribution in [1.29, 1.82) is 0 Å². The summed E-state index contributed by atoms with van der Waals surface area (Å²) in [6.07, 6.45) is 7.08. The number of rotatable bonds is 7. The van der Waals surface area contributed by atoms with Gasteiger partial charge in [-0.05, 0) is 39.5 Å². The Balaban J connectivity index is 1.85. The molecule has 1 aromatic heterocycles. The molecule has 0 spiro atoms. The van der Waals surface area contributed by atoms with Crippen molar-refractivity contribution in [3.05, 3.63) is 11.9 Å². The second-order valence-corrected chi connectivity index (χ2v) is 4.72. The second-order valence-electron chi connectivity index (χ2n) is 4.72. The minimum Gasteiger partial charge on any atom is -0.382 e. The molecule has 4 heteroatoms. The van der Waals surface area contributed by atoms with Crippen LogP contribution in [0.4, 0.5) is 5.95 Å². The van der Waals surface area contributed by atoms with Crippen LogP contribution >= 0.6 is 0 Å². The Morgan fingerprint density at radius 3 is 3.00 bits per heavy atom. The lowest BCUT2D eigenvalue weighted by atomic mass is 9.93. The fraction of sp³-hybridized carbons (Fsp3) is 0.769. The predicted molar refractivity (Wildman–Crippen MR) is 69.3 cm³/mol. The standard InChI is InChI=1S/C13H23N3O/c1-3-17-9-5-8-16-10-11(2)14-13(16)15-12-6-4-7-12/h10,12H,3-9H2,1-2H3,(H,14,15). The average Bonchev–Trinajstić information content (AvgIpc) is 2.60. The van der Waals surface area contributed by atoms with Gasteiger partial charge >= 0.3 is 0 Å². The first-order valence-corrected chi connectivity index (χ1v) is 6.67. The van der Waals surface area contributed by atoms with Gasteiger partial charge in [0, 0.05) is 32.0 Å². The van der Waals surface area contributed by atoms with Crippen LogP contribution in [0.5, 0.6) is 0 Å². The molecule has 0 aliphatic heterocycles. The van der Waals surface area contributed by atoms with Crippen molar-refractivity contribution in [3.8, 4) is 0 Å². The van der Waals surface area contributed by atoms with Crippen LogP contribution in [-0.4, -0.2) is 28.8 Å². The molecule has 1 aromatic rings. The third-order valence-corrected chi connectivity index (χ3v) is 3.23. The number of ether oxygens (including phenoxy) is 1. The summed E-state index contributed by atoms with van der Waals surface area (Å²) >= 11 is 0. The van der Waals surface area contributed by atoms with E-state index in [1.54, 1.807) is 0 Å². The fourth-order valence-corrected chi connectivity index (χ4v) is 2.05. The van der Waals surface area contributed by atoms with Gasteiger partial charge in [0.05, 0.1) is 5.69 Å². The molecular formula is C13H23N3O. The minimum atomic E-state index is 0.641. The Bertz CT molecular complexity index is 344. The molecule has 1 aliphatic carbocycles. The number of hydrogen-bond donors (Lipinski definition) is 1. The lowest BCUT2D eigenvalue weighted by Crippen LogP contribution is -2.28. The van der Waals surface area contributed by atoms with Gasteiger partial charge in [0.25, 0.3) is 0 Å². The molecule has 1 N–H and O–H groups in total. The van der Waals surface area contributed by atoms with Crippen molar-refractivity contribution < 1.29 is 4.74 Å². The van der Waals surface area contributed by atoms with Crippen molar-refractivity contribution in [2.45, 2.75) is 52.1 Å². The van der Waals surface area contributed by atoms with Crippen LogP contribution in [0.2, 0.25) is 0 Å². The molecule has 4 nitrogen and oxygen atoms in total. The first kappa shape index (κ1) is 12.4. The molecule has 96 valence electrons. The zero-order chi connectivity index (χ0) is 12.1. The SMILES string of the molecule is CCOCCCn1cc(C)nc1NC1CCC1. The fourth-order valence-electron chi connectivity index (χ4n) is 2.05. The van der Waals surface area contributed by atoms with E-state index < -0.39 is 0 Å². The molecule has 2 rings (SSSR count). The number of nitrogens with one attached hydrogen (secondary N) is 1. The maximum atomic E-state index is 5.36. The van der Waals surface area contributed by atoms with Gasteiger partial charge in [-0.25, -0.2) is 4.98 Å². The molecule has 0 radical (unpaired) electrons. The van der Waals surface area contributed by atoms with Gasteiger partial charge in [-0.2, -0.15) is 0 Å². The third-order valence-electron chi connectivity index (χ3n) is 3.23. The topological polar surface area (TPSA) is 39.1 Å². The van der Waals surface area contributed by atoms with Crippen LogP contribution in [0.1, 0.15) is 38.3 Å². The molecule has 0 saturated heterocycles. The first-order chi connectivity index (χ1) is 8.29. The molecule has 1 heterocycles. The van der Waals surface area contributed by atoms with Crippen molar-refractivity contribution in [2.24, 2.45) is 0 Å². The van der Waals surface area contributed by atoms with E-state index in [1.807, 2.05) is 13.8 Å². The van der Waals surface area contributed by atoms with Crippen LogP contribution in [0.3, 0.4) is 0 Å². The highest BCUT2D eigenvalue weighted by Crippen LogP contribution is 2.23. The summed E-state index contributed by atoms with van der Waals surface area (Å²) in [5.41, 5.74) is 1.09. The zero-order valence-electron chi connectivity index (χ0n) is 10.9. The summed E-state index contributed by atoms with van der Waals surface area (Å²) in [6, 6.07) is 0.641. The Morgan fingerprint density at radius 1 is 1.53 bits per heavy atom. The number of aryl methyl sites for hydroxylation is 2. The van der Waals surface area contributed by atoms with E-state index in [0.29, 0.717) is 6.04 Å². The predicted octanol–water partition coefficient (Wildman–Crippen LogP) is 2.58. The van der Waals surface area contributed by atoms with E-state index in [-0.39, 0.29) is 0 Å². The maximum Gasteiger partial charge on any atom is 0.203 e. The summed E-state index contributed by atoms with van der Waals surface area (Å²) in [5.74, 6) is 1.03. The Morgan fingerprint density at radius 2 is 2.35 bits per heavy atom. The number of anilines is 1. The summed E-state index contributed by atoms with van der Waals surface area (Å²) < 4.78 is 7.58. The molecule has 0 atom stereocenters. The monoisotopic (exact) mass is 237 g/mol. The summed E-state index contributed by atoms with van der Waals surface area (Å²) in [5, 5.41) is 3.52. The Hall–Kier alpha value is -1.03. The van der Waals surface area contributed by atoms with E-state index >= 15 is 0 Å². The summed E-state index contributed by atoms with van der Waals surface area (Å²) in [7, 11) is 0. The number of hydrogen-bond acceptors (Lipinski definition) is 3. The van der Waals surface area contributed by atoms with Crippen molar-refractivity contribution in [3.63, 3.8) is 0 Å². The van der Waals surface area contributed by atoms with E-state index in [1.165, 1.54) is 19.3 Å². The molecule has 0 amide bonds. The molecule has 0 aromatic carbocycles. The molecule has 1 aliphatic rings. The number of nitrogens with zero attached hydrogens (tertiary/aromatic N) is 2. The molecular weight excluding hydrogens is 214 g/mol. The van der Waals surface area contributed by atoms with E-state index in [0.717, 1.165) is 37.8 Å². The molecule has 0 bridgehead atoms. The Labute approximate surface area is 103 Å². The van der Waals surface area contributed by atoms with Crippen molar-refractivity contribution in [1.82, 2.24) is 9.55 Å². The van der Waals surface area contributed by atoms with Crippen LogP contribution in [0.25, 0.3) is 0 Å². The smallest absolute Gasteiger partial charge is 0.203 e. The molecule has 1 fully saturated rings. The lowest BCUT2D eigenvalue weighted by molar-refractivity contribution is 0.142. The van der Waals surface area contributed by atoms with Crippen LogP contribution in [-0.2, 0) is 11.3 Å². The van der Waals surface area contributed by atoms with E-state index in [9.17, 15) is 0 Å². The highest BCUT2D eigenvalue weighted by atomic mass is 16.5. The van der Waals surface area contributed by atoms with Crippen LogP contribution < -0.4 is 5.32 Å². The van der Waals surface area contributed by atoms with Crippen molar-refractivity contribution >= 4 is 5.95 Å². The average molecular weight is 237 g/mol. The molecule has 1 saturated carbocycles. The van der Waals surface area contributed by atoms with E-state index in [2.05, 4.69) is 21.1 Å². The first-order valence-electron chi connectivity index (χ1n) is 6.67. The highest BCUT2D eigenvalue weighted by Gasteiger charge is 2.19.